The lowest BCUT2D eigenvalue weighted by Gasteiger charge is -2.22. The van der Waals surface area contributed by atoms with Crippen LogP contribution in [0.1, 0.15) is 103 Å². The average molecular weight is 374 g/mol. The topological polar surface area (TPSA) is 0 Å². The standard InChI is InChI=1S/C25H45Si/c1-4-5-6-7-8-9-10-11-12-13-14-15-16-17-21-24-26(2,3)25-22-19-18-20-23-25/h18-20,22-24H,4-17,21H2,1-3H3. The lowest BCUT2D eigenvalue weighted by Crippen LogP contribution is -2.42. The summed E-state index contributed by atoms with van der Waals surface area (Å²) >= 11 is 0. The Kier molecular flexibility index (Phi) is 14.0. The van der Waals surface area contributed by atoms with Crippen molar-refractivity contribution in [3.8, 4) is 0 Å². The van der Waals surface area contributed by atoms with Gasteiger partial charge in [0, 0.05) is 0 Å². The normalized spacial score (nSPS) is 11.8. The lowest BCUT2D eigenvalue weighted by molar-refractivity contribution is 0.535. The maximum absolute atomic E-state index is 2.66. The predicted octanol–water partition coefficient (Wildman–Crippen LogP) is 8.22. The van der Waals surface area contributed by atoms with E-state index in [9.17, 15) is 0 Å². The van der Waals surface area contributed by atoms with E-state index >= 15 is 0 Å². The fraction of sp³-hybridized carbons (Fsp3) is 0.720. The Hall–Kier alpha value is -0.563. The van der Waals surface area contributed by atoms with E-state index in [1.165, 1.54) is 96.3 Å². The molecule has 0 amide bonds. The van der Waals surface area contributed by atoms with Gasteiger partial charge in [0.1, 0.15) is 0 Å². The van der Waals surface area contributed by atoms with E-state index in [0.717, 1.165) is 0 Å². The van der Waals surface area contributed by atoms with E-state index in [2.05, 4.69) is 56.4 Å². The molecule has 1 rings (SSSR count). The van der Waals surface area contributed by atoms with Crippen LogP contribution in [0.5, 0.6) is 0 Å². The molecule has 0 spiro atoms. The number of rotatable bonds is 17. The van der Waals surface area contributed by atoms with Crippen LogP contribution in [0.15, 0.2) is 30.3 Å². The minimum Gasteiger partial charge on any atom is -0.0654 e. The molecule has 0 atom stereocenters. The molecule has 1 aromatic rings. The van der Waals surface area contributed by atoms with Crippen LogP contribution >= 0.6 is 0 Å². The summed E-state index contributed by atoms with van der Waals surface area (Å²) in [5.41, 5.74) is 0. The molecule has 0 fully saturated rings. The Morgan fingerprint density at radius 1 is 0.615 bits per heavy atom. The Balaban J connectivity index is 1.85. The minimum absolute atomic E-state index is 1.31. The molecule has 26 heavy (non-hydrogen) atoms. The van der Waals surface area contributed by atoms with Crippen molar-refractivity contribution in [2.75, 3.05) is 0 Å². The van der Waals surface area contributed by atoms with Crippen LogP contribution in [0.4, 0.5) is 0 Å². The minimum atomic E-state index is -1.31. The summed E-state index contributed by atoms with van der Waals surface area (Å²) in [5.74, 6) is 0. The molecule has 0 aromatic heterocycles. The van der Waals surface area contributed by atoms with Crippen LogP contribution in [0.3, 0.4) is 0 Å². The van der Waals surface area contributed by atoms with E-state index in [4.69, 9.17) is 0 Å². The van der Waals surface area contributed by atoms with Gasteiger partial charge in [0.05, 0.1) is 8.07 Å². The number of unbranched alkanes of at least 4 members (excludes halogenated alkanes) is 14. The van der Waals surface area contributed by atoms with Crippen molar-refractivity contribution in [1.29, 1.82) is 0 Å². The Labute approximate surface area is 166 Å². The fourth-order valence-electron chi connectivity index (χ4n) is 3.79. The highest BCUT2D eigenvalue weighted by Gasteiger charge is 2.22. The molecular formula is C25H45Si. The molecule has 1 radical (unpaired) electrons. The van der Waals surface area contributed by atoms with Gasteiger partial charge in [0.15, 0.2) is 0 Å². The first kappa shape index (κ1) is 23.5. The first-order valence-corrected chi connectivity index (χ1v) is 14.6. The summed E-state index contributed by atoms with van der Waals surface area (Å²) in [4.78, 5) is 0. The van der Waals surface area contributed by atoms with E-state index in [1.54, 1.807) is 5.19 Å². The monoisotopic (exact) mass is 373 g/mol. The third kappa shape index (κ3) is 11.9. The predicted molar refractivity (Wildman–Crippen MR) is 123 cm³/mol. The van der Waals surface area contributed by atoms with Crippen LogP contribution < -0.4 is 5.19 Å². The molecular weight excluding hydrogens is 328 g/mol. The van der Waals surface area contributed by atoms with Crippen molar-refractivity contribution < 1.29 is 0 Å². The molecule has 149 valence electrons. The lowest BCUT2D eigenvalue weighted by atomic mass is 10.0. The second kappa shape index (κ2) is 15.5. The fourth-order valence-corrected chi connectivity index (χ4v) is 6.00. The Morgan fingerprint density at radius 2 is 1.04 bits per heavy atom. The van der Waals surface area contributed by atoms with Gasteiger partial charge in [-0.3, -0.25) is 0 Å². The molecule has 0 heterocycles. The molecule has 0 N–H and O–H groups in total. The maximum Gasteiger partial charge on any atom is 0.0836 e. The number of benzene rings is 1. The molecule has 1 aromatic carbocycles. The zero-order valence-corrected chi connectivity index (χ0v) is 19.1. The largest absolute Gasteiger partial charge is 0.0836 e. The molecule has 0 saturated carbocycles. The van der Waals surface area contributed by atoms with Gasteiger partial charge < -0.3 is 0 Å². The van der Waals surface area contributed by atoms with Gasteiger partial charge in [0.2, 0.25) is 0 Å². The number of hydrogen-bond donors (Lipinski definition) is 0. The van der Waals surface area contributed by atoms with Crippen molar-refractivity contribution in [2.45, 2.75) is 116 Å². The van der Waals surface area contributed by atoms with E-state index in [-0.39, 0.29) is 0 Å². The van der Waals surface area contributed by atoms with Crippen LogP contribution in [0.2, 0.25) is 13.1 Å². The molecule has 0 aliphatic heterocycles. The van der Waals surface area contributed by atoms with Gasteiger partial charge in [0.25, 0.3) is 0 Å². The molecule has 0 aliphatic carbocycles. The van der Waals surface area contributed by atoms with Crippen molar-refractivity contribution in [1.82, 2.24) is 0 Å². The quantitative estimate of drug-likeness (QED) is 0.190. The first-order chi connectivity index (χ1) is 12.7. The summed E-state index contributed by atoms with van der Waals surface area (Å²) in [5, 5.41) is 1.57. The Morgan fingerprint density at radius 3 is 1.50 bits per heavy atom. The van der Waals surface area contributed by atoms with Crippen molar-refractivity contribution in [3.05, 3.63) is 36.4 Å². The Bertz CT molecular complexity index is 409. The average Bonchev–Trinajstić information content (AvgIpc) is 2.65. The maximum atomic E-state index is 2.66. The molecule has 0 nitrogen and oxygen atoms in total. The van der Waals surface area contributed by atoms with E-state index in [1.807, 2.05) is 0 Å². The van der Waals surface area contributed by atoms with Crippen molar-refractivity contribution in [2.24, 2.45) is 0 Å². The van der Waals surface area contributed by atoms with Crippen LogP contribution in [-0.2, 0) is 0 Å². The van der Waals surface area contributed by atoms with Gasteiger partial charge in [-0.25, -0.2) is 0 Å². The van der Waals surface area contributed by atoms with Crippen molar-refractivity contribution >= 4 is 13.3 Å². The smallest absolute Gasteiger partial charge is 0.0654 e. The van der Waals surface area contributed by atoms with Gasteiger partial charge in [-0.15, -0.1) is 0 Å². The zero-order chi connectivity index (χ0) is 18.9. The second-order valence-electron chi connectivity index (χ2n) is 8.68. The van der Waals surface area contributed by atoms with Gasteiger partial charge >= 0.3 is 0 Å². The van der Waals surface area contributed by atoms with Crippen LogP contribution in [-0.4, -0.2) is 8.07 Å². The van der Waals surface area contributed by atoms with Crippen molar-refractivity contribution in [3.63, 3.8) is 0 Å². The summed E-state index contributed by atoms with van der Waals surface area (Å²) in [7, 11) is -1.31. The van der Waals surface area contributed by atoms with Crippen LogP contribution in [0, 0.1) is 6.04 Å². The second-order valence-corrected chi connectivity index (χ2v) is 13.1. The molecule has 0 aliphatic rings. The van der Waals surface area contributed by atoms with E-state index in [0.29, 0.717) is 0 Å². The highest BCUT2D eigenvalue weighted by Crippen LogP contribution is 2.16. The summed E-state index contributed by atoms with van der Waals surface area (Å²) < 4.78 is 0. The summed E-state index contributed by atoms with van der Waals surface area (Å²) in [6.07, 6.45) is 21.6. The highest BCUT2D eigenvalue weighted by atomic mass is 28.3. The number of hydrogen-bond acceptors (Lipinski definition) is 0. The van der Waals surface area contributed by atoms with Gasteiger partial charge in [-0.05, 0) is 6.04 Å². The molecule has 0 unspecified atom stereocenters. The molecule has 0 bridgehead atoms. The summed E-state index contributed by atoms with van der Waals surface area (Å²) in [6.45, 7) is 7.25. The zero-order valence-electron chi connectivity index (χ0n) is 18.1. The van der Waals surface area contributed by atoms with E-state index < -0.39 is 8.07 Å². The third-order valence-corrected chi connectivity index (χ3v) is 8.86. The molecule has 0 saturated heterocycles. The van der Waals surface area contributed by atoms with Crippen LogP contribution in [0.25, 0.3) is 0 Å². The summed E-state index contributed by atoms with van der Waals surface area (Å²) in [6, 6.07) is 13.8. The highest BCUT2D eigenvalue weighted by molar-refractivity contribution is 6.92. The first-order valence-electron chi connectivity index (χ1n) is 11.6. The molecule has 1 heteroatoms. The van der Waals surface area contributed by atoms with Gasteiger partial charge in [-0.2, -0.15) is 0 Å². The third-order valence-electron chi connectivity index (χ3n) is 5.73. The SMILES string of the molecule is CCCCCCCCCCCCCCCC[CH][Si](C)(C)c1ccccc1. The van der Waals surface area contributed by atoms with Gasteiger partial charge in [-0.1, -0.05) is 152 Å².